The van der Waals surface area contributed by atoms with Gasteiger partial charge in [0.15, 0.2) is 6.73 Å². The van der Waals surface area contributed by atoms with Crippen molar-refractivity contribution in [2.45, 2.75) is 65.2 Å². The Morgan fingerprint density at radius 3 is 2.30 bits per heavy atom. The van der Waals surface area contributed by atoms with E-state index in [1.807, 2.05) is 0 Å². The first kappa shape index (κ1) is 34.6. The summed E-state index contributed by atoms with van der Waals surface area (Å²) in [5.41, 5.74) is 6.05. The number of halogens is 4. The van der Waals surface area contributed by atoms with Crippen LogP contribution in [-0.2, 0) is 23.9 Å². The Morgan fingerprint density at radius 2 is 1.72 bits per heavy atom. The molecule has 1 heterocycles. The SMILES string of the molecule is CC(C)[C@H](C)C(=O)OCN1C(=O)[C@H](NC(=O)[C@H](CCC(F)(F)F)[C@H](CC2CC2)C(N)=O)N=C(c2ccccc2)c2cccc(F)c21. The zero-order valence-corrected chi connectivity index (χ0v) is 25.9. The van der Waals surface area contributed by atoms with Gasteiger partial charge in [-0.15, -0.1) is 0 Å². The summed E-state index contributed by atoms with van der Waals surface area (Å²) in [6.07, 6.45) is -6.84. The maximum absolute atomic E-state index is 15.6. The summed E-state index contributed by atoms with van der Waals surface area (Å²) in [6, 6.07) is 12.4. The summed E-state index contributed by atoms with van der Waals surface area (Å²) in [6.45, 7) is 4.53. The molecule has 13 heteroatoms. The predicted molar refractivity (Wildman–Crippen MR) is 162 cm³/mol. The zero-order valence-electron chi connectivity index (χ0n) is 25.9. The molecule has 9 nitrogen and oxygen atoms in total. The van der Waals surface area contributed by atoms with Crippen LogP contribution in [0.4, 0.5) is 23.2 Å². The number of primary amides is 1. The summed E-state index contributed by atoms with van der Waals surface area (Å²) >= 11 is 0. The van der Waals surface area contributed by atoms with Crippen LogP contribution >= 0.6 is 0 Å². The molecule has 248 valence electrons. The Hall–Kier alpha value is -4.29. The average molecular weight is 647 g/mol. The molecule has 3 N–H and O–H groups in total. The normalized spacial score (nSPS) is 18.6. The Bertz CT molecular complexity index is 1480. The van der Waals surface area contributed by atoms with Gasteiger partial charge < -0.3 is 15.8 Å². The number of rotatable bonds is 13. The number of alkyl halides is 3. The van der Waals surface area contributed by atoms with Crippen molar-refractivity contribution in [1.82, 2.24) is 5.32 Å². The van der Waals surface area contributed by atoms with Crippen molar-refractivity contribution in [2.24, 2.45) is 40.3 Å². The lowest BCUT2D eigenvalue weighted by Gasteiger charge is -2.28. The number of esters is 1. The van der Waals surface area contributed by atoms with Crippen LogP contribution < -0.4 is 16.0 Å². The van der Waals surface area contributed by atoms with E-state index >= 15 is 4.39 Å². The molecule has 2 aromatic carbocycles. The first-order valence-corrected chi connectivity index (χ1v) is 15.2. The monoisotopic (exact) mass is 646 g/mol. The molecule has 1 saturated carbocycles. The van der Waals surface area contributed by atoms with E-state index in [4.69, 9.17) is 10.5 Å². The number of amides is 3. The molecule has 0 saturated heterocycles. The summed E-state index contributed by atoms with van der Waals surface area (Å²) in [5, 5.41) is 2.43. The quantitative estimate of drug-likeness (QED) is 0.231. The standard InChI is InChI=1S/C33H38F4N4O5/c1-18(2)19(3)32(45)46-17-41-27-23(10-7-11-25(27)34)26(21-8-5-4-6-9-21)39-29(31(41)44)40-30(43)22(14-15-33(35,36)37)24(28(38)42)16-20-12-13-20/h4-11,18-20,22,24,29H,12-17H2,1-3H3,(H2,38,42)(H,40,43)/t19-,22+,24-,29-/m0/s1. The van der Waals surface area contributed by atoms with E-state index in [0.29, 0.717) is 5.56 Å². The van der Waals surface area contributed by atoms with Crippen molar-refractivity contribution in [3.8, 4) is 0 Å². The highest BCUT2D eigenvalue weighted by molar-refractivity contribution is 6.20. The van der Waals surface area contributed by atoms with E-state index in [0.717, 1.165) is 23.8 Å². The molecule has 1 aliphatic heterocycles. The molecule has 2 aliphatic rings. The minimum absolute atomic E-state index is 0.0526. The number of nitrogens with two attached hydrogens (primary N) is 1. The smallest absolute Gasteiger partial charge is 0.389 e. The molecule has 0 spiro atoms. The number of carbonyl (C=O) groups excluding carboxylic acids is 4. The second-order valence-electron chi connectivity index (χ2n) is 12.2. The number of aliphatic imine (C=N–C) groups is 1. The molecule has 1 aliphatic carbocycles. The predicted octanol–water partition coefficient (Wildman–Crippen LogP) is 5.11. The molecule has 4 atom stereocenters. The van der Waals surface area contributed by atoms with Gasteiger partial charge in [0.2, 0.25) is 18.0 Å². The summed E-state index contributed by atoms with van der Waals surface area (Å²) in [4.78, 5) is 58.4. The molecule has 4 rings (SSSR count). The van der Waals surface area contributed by atoms with Crippen LogP contribution in [0.5, 0.6) is 0 Å². The second-order valence-corrected chi connectivity index (χ2v) is 12.2. The number of ether oxygens (including phenoxy) is 1. The Kier molecular flexibility index (Phi) is 10.8. The lowest BCUT2D eigenvalue weighted by molar-refractivity contribution is -0.150. The molecule has 2 aromatic rings. The number of carbonyl (C=O) groups is 4. The van der Waals surface area contributed by atoms with Crippen LogP contribution in [0.15, 0.2) is 53.5 Å². The van der Waals surface area contributed by atoms with E-state index in [1.54, 1.807) is 51.1 Å². The highest BCUT2D eigenvalue weighted by atomic mass is 19.4. The van der Waals surface area contributed by atoms with Crippen LogP contribution in [0, 0.1) is 35.4 Å². The number of anilines is 1. The van der Waals surface area contributed by atoms with Crippen LogP contribution in [0.25, 0.3) is 0 Å². The summed E-state index contributed by atoms with van der Waals surface area (Å²) in [5.74, 6) is -7.75. The fraction of sp³-hybridized carbons (Fsp3) is 0.485. The molecule has 3 amide bonds. The first-order valence-electron chi connectivity index (χ1n) is 15.2. The number of benzodiazepines with no additional fused rings is 1. The number of hydrogen-bond donors (Lipinski definition) is 2. The van der Waals surface area contributed by atoms with Gasteiger partial charge in [-0.1, -0.05) is 76.1 Å². The van der Waals surface area contributed by atoms with Crippen molar-refractivity contribution < 1.29 is 41.5 Å². The van der Waals surface area contributed by atoms with Crippen LogP contribution in [0.2, 0.25) is 0 Å². The number of nitrogens with zero attached hydrogens (tertiary/aromatic N) is 2. The van der Waals surface area contributed by atoms with E-state index in [9.17, 15) is 32.3 Å². The van der Waals surface area contributed by atoms with Gasteiger partial charge in [-0.3, -0.25) is 24.1 Å². The fourth-order valence-corrected chi connectivity index (χ4v) is 5.34. The number of benzene rings is 2. The van der Waals surface area contributed by atoms with Gasteiger partial charge >= 0.3 is 12.1 Å². The fourth-order valence-electron chi connectivity index (χ4n) is 5.34. The van der Waals surface area contributed by atoms with Crippen molar-refractivity contribution in [2.75, 3.05) is 11.6 Å². The van der Waals surface area contributed by atoms with Gasteiger partial charge in [0, 0.05) is 29.4 Å². The third kappa shape index (κ3) is 8.49. The van der Waals surface area contributed by atoms with E-state index < -0.39 is 79.2 Å². The third-order valence-electron chi connectivity index (χ3n) is 8.51. The minimum Gasteiger partial charge on any atom is -0.444 e. The molecule has 0 unspecified atom stereocenters. The Morgan fingerprint density at radius 1 is 1.04 bits per heavy atom. The van der Waals surface area contributed by atoms with Crippen molar-refractivity contribution in [3.05, 3.63) is 65.5 Å². The van der Waals surface area contributed by atoms with E-state index in [2.05, 4.69) is 10.3 Å². The van der Waals surface area contributed by atoms with Gasteiger partial charge in [0.25, 0.3) is 5.91 Å². The molecule has 1 fully saturated rings. The van der Waals surface area contributed by atoms with Crippen molar-refractivity contribution >= 4 is 35.1 Å². The van der Waals surface area contributed by atoms with Crippen LogP contribution in [-0.4, -0.2) is 48.5 Å². The maximum atomic E-state index is 15.6. The molecule has 0 aromatic heterocycles. The Balaban J connectivity index is 1.76. The van der Waals surface area contributed by atoms with Crippen molar-refractivity contribution in [3.63, 3.8) is 0 Å². The molecule has 0 radical (unpaired) electrons. The molecular weight excluding hydrogens is 608 g/mol. The van der Waals surface area contributed by atoms with Gasteiger partial charge in [0.05, 0.1) is 17.3 Å². The Labute approximate surface area is 264 Å². The third-order valence-corrected chi connectivity index (χ3v) is 8.51. The molecule has 46 heavy (non-hydrogen) atoms. The minimum atomic E-state index is -4.62. The number of nitrogens with one attached hydrogen (secondary N) is 1. The molecular formula is C33H38F4N4O5. The van der Waals surface area contributed by atoms with Gasteiger partial charge in [0.1, 0.15) is 5.82 Å². The first-order chi connectivity index (χ1) is 21.7. The number of hydrogen-bond acceptors (Lipinski definition) is 6. The largest absolute Gasteiger partial charge is 0.444 e. The number of fused-ring (bicyclic) bond motifs is 1. The average Bonchev–Trinajstić information content (AvgIpc) is 3.83. The number of para-hydroxylation sites is 1. The summed E-state index contributed by atoms with van der Waals surface area (Å²) in [7, 11) is 0. The lowest BCUT2D eigenvalue weighted by Crippen LogP contribution is -2.51. The zero-order chi connectivity index (χ0) is 33.8. The van der Waals surface area contributed by atoms with Gasteiger partial charge in [-0.05, 0) is 30.7 Å². The highest BCUT2D eigenvalue weighted by Crippen LogP contribution is 2.39. The topological polar surface area (TPSA) is 131 Å². The van der Waals surface area contributed by atoms with Crippen molar-refractivity contribution in [1.29, 1.82) is 0 Å². The lowest BCUT2D eigenvalue weighted by atomic mass is 9.83. The van der Waals surface area contributed by atoms with Gasteiger partial charge in [-0.2, -0.15) is 13.2 Å². The maximum Gasteiger partial charge on any atom is 0.389 e. The molecule has 0 bridgehead atoms. The second kappa shape index (κ2) is 14.4. The van der Waals surface area contributed by atoms with Crippen LogP contribution in [0.3, 0.4) is 0 Å². The van der Waals surface area contributed by atoms with Crippen LogP contribution in [0.1, 0.15) is 64.0 Å². The highest BCUT2D eigenvalue weighted by Gasteiger charge is 2.42. The van der Waals surface area contributed by atoms with E-state index in [1.165, 1.54) is 12.1 Å². The van der Waals surface area contributed by atoms with Gasteiger partial charge in [-0.25, -0.2) is 9.38 Å². The van der Waals surface area contributed by atoms with E-state index in [-0.39, 0.29) is 35.2 Å². The summed E-state index contributed by atoms with van der Waals surface area (Å²) < 4.78 is 61.0.